The van der Waals surface area contributed by atoms with Crippen molar-refractivity contribution in [1.82, 2.24) is 4.90 Å². The summed E-state index contributed by atoms with van der Waals surface area (Å²) in [5.41, 5.74) is 1.53. The summed E-state index contributed by atoms with van der Waals surface area (Å²) in [6.45, 7) is 1.16. The molecule has 1 fully saturated rings. The van der Waals surface area contributed by atoms with Crippen LogP contribution < -0.4 is 14.4 Å². The lowest BCUT2D eigenvalue weighted by molar-refractivity contribution is -0.120. The fraction of sp³-hybridized carbons (Fsp3) is 0.333. The molecule has 2 aliphatic heterocycles. The van der Waals surface area contributed by atoms with E-state index in [4.69, 9.17) is 21.1 Å². The molecule has 0 bridgehead atoms. The number of ether oxygens (including phenoxy) is 2. The Morgan fingerprint density at radius 1 is 1.06 bits per heavy atom. The average Bonchev–Trinajstić information content (AvgIpc) is 3.08. The molecule has 2 aromatic rings. The maximum Gasteiger partial charge on any atom is 0.282 e. The number of aliphatic hydroxyl groups is 1. The van der Waals surface area contributed by atoms with Crippen LogP contribution in [-0.4, -0.2) is 55.7 Å². The molecule has 7 nitrogen and oxygen atoms in total. The van der Waals surface area contributed by atoms with Gasteiger partial charge in [-0.3, -0.25) is 9.59 Å². The van der Waals surface area contributed by atoms with Gasteiger partial charge in [-0.1, -0.05) is 29.8 Å². The minimum absolute atomic E-state index is 0.0354. The molecule has 2 aliphatic rings. The number of aliphatic hydroxyl groups excluding tert-OH is 1. The van der Waals surface area contributed by atoms with Crippen LogP contribution in [0.15, 0.2) is 48.2 Å². The monoisotopic (exact) mass is 456 g/mol. The Labute approximate surface area is 191 Å². The molecule has 168 valence electrons. The van der Waals surface area contributed by atoms with E-state index in [0.29, 0.717) is 46.6 Å². The highest BCUT2D eigenvalue weighted by atomic mass is 35.5. The highest BCUT2D eigenvalue weighted by molar-refractivity contribution is 6.46. The summed E-state index contributed by atoms with van der Waals surface area (Å²) in [7, 11) is 3.03. The zero-order valence-electron chi connectivity index (χ0n) is 18.0. The van der Waals surface area contributed by atoms with E-state index in [1.54, 1.807) is 36.4 Å². The van der Waals surface area contributed by atoms with Crippen LogP contribution >= 0.6 is 11.6 Å². The summed E-state index contributed by atoms with van der Waals surface area (Å²) < 4.78 is 10.7. The molecule has 2 amide bonds. The highest BCUT2D eigenvalue weighted by Gasteiger charge is 2.44. The fourth-order valence-electron chi connectivity index (χ4n) is 4.35. The molecule has 2 heterocycles. The molecule has 1 atom stereocenters. The molecule has 1 saturated heterocycles. The van der Waals surface area contributed by atoms with Crippen molar-refractivity contribution < 1.29 is 24.2 Å². The van der Waals surface area contributed by atoms with E-state index in [1.807, 2.05) is 11.0 Å². The van der Waals surface area contributed by atoms with Gasteiger partial charge in [0.05, 0.1) is 30.5 Å². The number of carbonyl (C=O) groups excluding carboxylic acids is 2. The summed E-state index contributed by atoms with van der Waals surface area (Å²) in [5.74, 6) is 0.140. The second-order valence-electron chi connectivity index (χ2n) is 7.83. The first-order valence-electron chi connectivity index (χ1n) is 10.5. The summed E-state index contributed by atoms with van der Waals surface area (Å²) in [5, 5.41) is 10.00. The molecule has 0 radical (unpaired) electrons. The minimum Gasteiger partial charge on any atom is -0.496 e. The van der Waals surface area contributed by atoms with Gasteiger partial charge in [0.2, 0.25) is 0 Å². The number of hydrogen-bond donors (Lipinski definition) is 1. The maximum absolute atomic E-state index is 13.7. The number of rotatable bonds is 6. The predicted molar refractivity (Wildman–Crippen MR) is 122 cm³/mol. The lowest BCUT2D eigenvalue weighted by Gasteiger charge is -2.34. The molecule has 0 aromatic heterocycles. The second-order valence-corrected chi connectivity index (χ2v) is 8.23. The fourth-order valence-corrected chi connectivity index (χ4v) is 4.60. The van der Waals surface area contributed by atoms with E-state index in [0.717, 1.165) is 17.7 Å². The van der Waals surface area contributed by atoms with Gasteiger partial charge < -0.3 is 19.5 Å². The molecule has 0 saturated carbocycles. The molecule has 4 rings (SSSR count). The van der Waals surface area contributed by atoms with Gasteiger partial charge >= 0.3 is 0 Å². The smallest absolute Gasteiger partial charge is 0.282 e. The predicted octanol–water partition coefficient (Wildman–Crippen LogP) is 3.35. The van der Waals surface area contributed by atoms with Gasteiger partial charge in [-0.05, 0) is 43.0 Å². The Morgan fingerprint density at radius 2 is 1.81 bits per heavy atom. The number of methoxy groups -OCH3 is 2. The first-order chi connectivity index (χ1) is 15.5. The summed E-state index contributed by atoms with van der Waals surface area (Å²) in [6, 6.07) is 12.0. The van der Waals surface area contributed by atoms with E-state index >= 15 is 0 Å². The maximum atomic E-state index is 13.7. The average molecular weight is 457 g/mol. The molecule has 1 N–H and O–H groups in total. The number of nitrogens with zero attached hydrogens (tertiary/aromatic N) is 2. The number of hydrogen-bond acceptors (Lipinski definition) is 6. The van der Waals surface area contributed by atoms with E-state index in [9.17, 15) is 14.7 Å². The number of carbonyl (C=O) groups is 2. The van der Waals surface area contributed by atoms with E-state index in [-0.39, 0.29) is 18.1 Å². The van der Waals surface area contributed by atoms with Crippen molar-refractivity contribution in [3.8, 4) is 11.5 Å². The number of piperidine rings is 1. The van der Waals surface area contributed by atoms with Gasteiger partial charge in [0.1, 0.15) is 17.2 Å². The highest BCUT2D eigenvalue weighted by Crippen LogP contribution is 2.40. The van der Waals surface area contributed by atoms with E-state index in [1.165, 1.54) is 14.2 Å². The Hall–Kier alpha value is -3.03. The van der Waals surface area contributed by atoms with Crippen molar-refractivity contribution in [2.24, 2.45) is 5.92 Å². The number of para-hydroxylation sites is 1. The van der Waals surface area contributed by atoms with Crippen LogP contribution in [0.5, 0.6) is 11.5 Å². The normalized spacial score (nSPS) is 19.1. The van der Waals surface area contributed by atoms with Crippen molar-refractivity contribution in [3.05, 3.63) is 58.7 Å². The molecule has 0 aliphatic carbocycles. The SMILES string of the molecule is COc1ccc(N2C(=O)C(c3ccccc3OC)=C(N3CCCC(CO)C3)C2=O)cc1Cl. The summed E-state index contributed by atoms with van der Waals surface area (Å²) in [6.07, 6.45) is 1.70. The lowest BCUT2D eigenvalue weighted by atomic mass is 9.96. The van der Waals surface area contributed by atoms with Gasteiger partial charge in [0, 0.05) is 25.3 Å². The third kappa shape index (κ3) is 3.82. The number of benzene rings is 2. The van der Waals surface area contributed by atoms with Crippen LogP contribution in [0.1, 0.15) is 18.4 Å². The number of amides is 2. The van der Waals surface area contributed by atoms with Crippen molar-refractivity contribution in [2.75, 3.05) is 38.8 Å². The Balaban J connectivity index is 1.84. The van der Waals surface area contributed by atoms with Crippen molar-refractivity contribution >= 4 is 34.7 Å². The third-order valence-electron chi connectivity index (χ3n) is 5.92. The van der Waals surface area contributed by atoms with E-state index in [2.05, 4.69) is 0 Å². The quantitative estimate of drug-likeness (QED) is 0.671. The van der Waals surface area contributed by atoms with Crippen LogP contribution in [0.4, 0.5) is 5.69 Å². The number of likely N-dealkylation sites (tertiary alicyclic amines) is 1. The van der Waals surface area contributed by atoms with Crippen LogP contribution in [0.2, 0.25) is 5.02 Å². The standard InChI is InChI=1S/C24H25ClN2O5/c1-31-19-8-4-3-7-17(19)21-22(26-11-5-6-15(13-26)14-28)24(30)27(23(21)29)16-9-10-20(32-2)18(25)12-16/h3-4,7-10,12,15,28H,5-6,11,13-14H2,1-2H3. The van der Waals surface area contributed by atoms with Crippen LogP contribution in [0.3, 0.4) is 0 Å². The molecule has 8 heteroatoms. The van der Waals surface area contributed by atoms with Gasteiger partial charge in [0.15, 0.2) is 0 Å². The number of halogens is 1. The molecule has 1 unspecified atom stereocenters. The molecular weight excluding hydrogens is 432 g/mol. The molecule has 0 spiro atoms. The minimum atomic E-state index is -0.443. The van der Waals surface area contributed by atoms with Crippen LogP contribution in [0, 0.1) is 5.92 Å². The Morgan fingerprint density at radius 3 is 2.50 bits per heavy atom. The van der Waals surface area contributed by atoms with Crippen LogP contribution in [-0.2, 0) is 9.59 Å². The van der Waals surface area contributed by atoms with Gasteiger partial charge in [-0.2, -0.15) is 0 Å². The molecule has 32 heavy (non-hydrogen) atoms. The second kappa shape index (κ2) is 9.22. The first kappa shape index (κ1) is 22.2. The van der Waals surface area contributed by atoms with Crippen molar-refractivity contribution in [2.45, 2.75) is 12.8 Å². The van der Waals surface area contributed by atoms with Crippen molar-refractivity contribution in [3.63, 3.8) is 0 Å². The topological polar surface area (TPSA) is 79.3 Å². The first-order valence-corrected chi connectivity index (χ1v) is 10.8. The van der Waals surface area contributed by atoms with Gasteiger partial charge in [-0.25, -0.2) is 4.90 Å². The zero-order valence-corrected chi connectivity index (χ0v) is 18.8. The molecular formula is C24H25ClN2O5. The molecule has 2 aromatic carbocycles. The Kier molecular flexibility index (Phi) is 6.39. The largest absolute Gasteiger partial charge is 0.496 e. The van der Waals surface area contributed by atoms with Crippen molar-refractivity contribution in [1.29, 1.82) is 0 Å². The van der Waals surface area contributed by atoms with Crippen LogP contribution in [0.25, 0.3) is 5.57 Å². The zero-order chi connectivity index (χ0) is 22.8. The lowest BCUT2D eigenvalue weighted by Crippen LogP contribution is -2.40. The summed E-state index contributed by atoms with van der Waals surface area (Å²) >= 11 is 6.28. The van der Waals surface area contributed by atoms with Gasteiger partial charge in [-0.15, -0.1) is 0 Å². The Bertz CT molecular complexity index is 1080. The van der Waals surface area contributed by atoms with Gasteiger partial charge in [0.25, 0.3) is 11.8 Å². The number of anilines is 1. The van der Waals surface area contributed by atoms with E-state index < -0.39 is 11.8 Å². The number of imide groups is 1. The summed E-state index contributed by atoms with van der Waals surface area (Å²) in [4.78, 5) is 30.4. The third-order valence-corrected chi connectivity index (χ3v) is 6.22.